The molecule has 1 aromatic carbocycles. The van der Waals surface area contributed by atoms with Gasteiger partial charge in [-0.25, -0.2) is 4.39 Å². The number of amides is 1. The van der Waals surface area contributed by atoms with Crippen LogP contribution in [0.15, 0.2) is 18.2 Å². The number of halogens is 4. The van der Waals surface area contributed by atoms with Gasteiger partial charge in [-0.3, -0.25) is 4.79 Å². The van der Waals surface area contributed by atoms with Crippen LogP contribution < -0.4 is 0 Å². The van der Waals surface area contributed by atoms with Gasteiger partial charge in [0.1, 0.15) is 5.82 Å². The van der Waals surface area contributed by atoms with Gasteiger partial charge in [-0.05, 0) is 25.1 Å². The maximum Gasteiger partial charge on any atom is 0.417 e. The Bertz CT molecular complexity index is 562. The molecule has 0 spiro atoms. The van der Waals surface area contributed by atoms with Crippen molar-refractivity contribution in [2.45, 2.75) is 25.2 Å². The van der Waals surface area contributed by atoms with E-state index in [0.29, 0.717) is 6.07 Å². The summed E-state index contributed by atoms with van der Waals surface area (Å²) in [4.78, 5) is 13.6. The Morgan fingerprint density at radius 3 is 2.73 bits per heavy atom. The standard InChI is InChI=1S/C14H15F4NO3/c1-8-7-22-10(6-20)5-19(8)13(21)11-3-2-9(15)4-12(11)14(16,17)18/h2-4,8,10,20H,5-7H2,1H3/t8-,10+/m1/s1. The summed E-state index contributed by atoms with van der Waals surface area (Å²) < 4.78 is 57.3. The summed E-state index contributed by atoms with van der Waals surface area (Å²) >= 11 is 0. The van der Waals surface area contributed by atoms with Gasteiger partial charge in [0.15, 0.2) is 0 Å². The molecular weight excluding hydrogens is 306 g/mol. The summed E-state index contributed by atoms with van der Waals surface area (Å²) in [5.74, 6) is -1.92. The minimum Gasteiger partial charge on any atom is -0.394 e. The largest absolute Gasteiger partial charge is 0.417 e. The number of hydrogen-bond acceptors (Lipinski definition) is 3. The number of carbonyl (C=O) groups excluding carboxylic acids is 1. The summed E-state index contributed by atoms with van der Waals surface area (Å²) in [6.07, 6.45) is -5.48. The van der Waals surface area contributed by atoms with E-state index in [-0.39, 0.29) is 19.8 Å². The van der Waals surface area contributed by atoms with Crippen molar-refractivity contribution in [2.75, 3.05) is 19.8 Å². The number of benzene rings is 1. The number of rotatable bonds is 2. The molecule has 0 aliphatic carbocycles. The molecule has 1 amide bonds. The molecule has 1 aliphatic heterocycles. The number of hydrogen-bond donors (Lipinski definition) is 1. The number of nitrogens with zero attached hydrogens (tertiary/aromatic N) is 1. The number of aliphatic hydroxyl groups is 1. The van der Waals surface area contributed by atoms with Crippen LogP contribution in [0.3, 0.4) is 0 Å². The van der Waals surface area contributed by atoms with Crippen molar-refractivity contribution in [1.82, 2.24) is 4.90 Å². The van der Waals surface area contributed by atoms with E-state index in [9.17, 15) is 22.4 Å². The second-order valence-corrected chi connectivity index (χ2v) is 5.13. The van der Waals surface area contributed by atoms with E-state index < -0.39 is 41.2 Å². The van der Waals surface area contributed by atoms with Gasteiger partial charge in [0.05, 0.1) is 36.5 Å². The summed E-state index contributed by atoms with van der Waals surface area (Å²) in [5.41, 5.74) is -1.92. The lowest BCUT2D eigenvalue weighted by Crippen LogP contribution is -2.52. The van der Waals surface area contributed by atoms with Gasteiger partial charge in [0.25, 0.3) is 5.91 Å². The number of aliphatic hydroxyl groups excluding tert-OH is 1. The molecule has 1 saturated heterocycles. The van der Waals surface area contributed by atoms with Crippen molar-refractivity contribution in [1.29, 1.82) is 0 Å². The van der Waals surface area contributed by atoms with Crippen LogP contribution in [0.2, 0.25) is 0 Å². The number of morpholine rings is 1. The van der Waals surface area contributed by atoms with Crippen molar-refractivity contribution >= 4 is 5.91 Å². The monoisotopic (exact) mass is 321 g/mol. The highest BCUT2D eigenvalue weighted by Crippen LogP contribution is 2.33. The smallest absolute Gasteiger partial charge is 0.394 e. The summed E-state index contributed by atoms with van der Waals surface area (Å²) in [6.45, 7) is 1.37. The third kappa shape index (κ3) is 3.38. The molecule has 1 N–H and O–H groups in total. The van der Waals surface area contributed by atoms with Gasteiger partial charge in [0.2, 0.25) is 0 Å². The molecule has 0 radical (unpaired) electrons. The van der Waals surface area contributed by atoms with E-state index in [1.165, 1.54) is 4.90 Å². The van der Waals surface area contributed by atoms with Crippen LogP contribution in [0.1, 0.15) is 22.8 Å². The first-order chi connectivity index (χ1) is 10.2. The van der Waals surface area contributed by atoms with Crippen LogP contribution >= 0.6 is 0 Å². The predicted octanol–water partition coefficient (Wildman–Crippen LogP) is 2.07. The average Bonchev–Trinajstić information content (AvgIpc) is 2.46. The zero-order valence-corrected chi connectivity index (χ0v) is 11.7. The Kier molecular flexibility index (Phi) is 4.72. The van der Waals surface area contributed by atoms with Gasteiger partial charge in [-0.15, -0.1) is 0 Å². The van der Waals surface area contributed by atoms with Crippen LogP contribution in [-0.4, -0.2) is 47.8 Å². The lowest BCUT2D eigenvalue weighted by atomic mass is 10.0. The molecule has 1 heterocycles. The van der Waals surface area contributed by atoms with Crippen LogP contribution in [0, 0.1) is 5.82 Å². The molecule has 0 unspecified atom stereocenters. The van der Waals surface area contributed by atoms with E-state index in [1.807, 2.05) is 0 Å². The molecule has 0 bridgehead atoms. The van der Waals surface area contributed by atoms with Crippen molar-refractivity contribution in [3.05, 3.63) is 35.1 Å². The normalized spacial score (nSPS) is 22.7. The van der Waals surface area contributed by atoms with Gasteiger partial charge < -0.3 is 14.7 Å². The highest BCUT2D eigenvalue weighted by molar-refractivity contribution is 5.96. The van der Waals surface area contributed by atoms with Gasteiger partial charge >= 0.3 is 6.18 Å². The average molecular weight is 321 g/mol. The SMILES string of the molecule is C[C@@H]1CO[C@H](CO)CN1C(=O)c1ccc(F)cc1C(F)(F)F. The zero-order chi connectivity index (χ0) is 16.5. The number of carbonyl (C=O) groups is 1. The third-order valence-corrected chi connectivity index (χ3v) is 3.49. The molecule has 2 atom stereocenters. The minimum absolute atomic E-state index is 0.0226. The van der Waals surface area contributed by atoms with E-state index in [2.05, 4.69) is 0 Å². The molecule has 4 nitrogen and oxygen atoms in total. The maximum atomic E-state index is 13.1. The van der Waals surface area contributed by atoms with E-state index in [0.717, 1.165) is 12.1 Å². The van der Waals surface area contributed by atoms with Crippen LogP contribution in [0.5, 0.6) is 0 Å². The van der Waals surface area contributed by atoms with Crippen LogP contribution in [0.4, 0.5) is 17.6 Å². The number of ether oxygens (including phenoxy) is 1. The van der Waals surface area contributed by atoms with Crippen LogP contribution in [0.25, 0.3) is 0 Å². The summed E-state index contributed by atoms with van der Waals surface area (Å²) in [5, 5.41) is 9.08. The lowest BCUT2D eigenvalue weighted by Gasteiger charge is -2.37. The Balaban J connectivity index is 2.36. The zero-order valence-electron chi connectivity index (χ0n) is 11.7. The Labute approximate surface area is 124 Å². The Morgan fingerprint density at radius 1 is 1.45 bits per heavy atom. The first-order valence-electron chi connectivity index (χ1n) is 6.64. The molecule has 1 fully saturated rings. The minimum atomic E-state index is -4.83. The highest BCUT2D eigenvalue weighted by atomic mass is 19.4. The summed E-state index contributed by atoms with van der Waals surface area (Å²) in [6, 6.07) is 1.51. The fraction of sp³-hybridized carbons (Fsp3) is 0.500. The molecule has 0 aromatic heterocycles. The van der Waals surface area contributed by atoms with Gasteiger partial charge in [-0.1, -0.05) is 0 Å². The van der Waals surface area contributed by atoms with E-state index >= 15 is 0 Å². The lowest BCUT2D eigenvalue weighted by molar-refractivity contribution is -0.138. The Morgan fingerprint density at radius 2 is 2.14 bits per heavy atom. The molecule has 1 aromatic rings. The second kappa shape index (κ2) is 6.21. The Hall–Kier alpha value is -1.67. The summed E-state index contributed by atoms with van der Waals surface area (Å²) in [7, 11) is 0. The highest BCUT2D eigenvalue weighted by Gasteiger charge is 2.38. The quantitative estimate of drug-likeness (QED) is 0.849. The number of alkyl halides is 3. The fourth-order valence-corrected chi connectivity index (χ4v) is 2.30. The van der Waals surface area contributed by atoms with Gasteiger partial charge in [0, 0.05) is 6.54 Å². The third-order valence-electron chi connectivity index (χ3n) is 3.49. The molecule has 8 heteroatoms. The molecule has 22 heavy (non-hydrogen) atoms. The molecular formula is C14H15F4NO3. The second-order valence-electron chi connectivity index (χ2n) is 5.13. The van der Waals surface area contributed by atoms with E-state index in [4.69, 9.17) is 9.84 Å². The van der Waals surface area contributed by atoms with E-state index in [1.54, 1.807) is 6.92 Å². The maximum absolute atomic E-state index is 13.1. The first-order valence-corrected chi connectivity index (χ1v) is 6.64. The van der Waals surface area contributed by atoms with Crippen molar-refractivity contribution in [2.24, 2.45) is 0 Å². The van der Waals surface area contributed by atoms with Crippen LogP contribution in [-0.2, 0) is 10.9 Å². The topological polar surface area (TPSA) is 49.8 Å². The predicted molar refractivity (Wildman–Crippen MR) is 68.7 cm³/mol. The molecule has 0 saturated carbocycles. The molecule has 1 aliphatic rings. The van der Waals surface area contributed by atoms with Gasteiger partial charge in [-0.2, -0.15) is 13.2 Å². The van der Waals surface area contributed by atoms with Crippen molar-refractivity contribution in [3.8, 4) is 0 Å². The fourth-order valence-electron chi connectivity index (χ4n) is 2.30. The molecule has 122 valence electrons. The first kappa shape index (κ1) is 16.7. The van der Waals surface area contributed by atoms with Crippen molar-refractivity contribution < 1.29 is 32.2 Å². The van der Waals surface area contributed by atoms with Crippen molar-refractivity contribution in [3.63, 3.8) is 0 Å². The molecule has 2 rings (SSSR count).